The molecule has 4 heteroatoms. The molecule has 0 aliphatic carbocycles. The molecule has 0 saturated carbocycles. The lowest BCUT2D eigenvalue weighted by Gasteiger charge is -2.25. The first-order valence-corrected chi connectivity index (χ1v) is 6.58. The summed E-state index contributed by atoms with van der Waals surface area (Å²) < 4.78 is 10.7. The van der Waals surface area contributed by atoms with Crippen LogP contribution in [0.5, 0.6) is 11.5 Å². The topological polar surface area (TPSA) is 70.5 Å². The van der Waals surface area contributed by atoms with Crippen LogP contribution in [0.3, 0.4) is 0 Å². The van der Waals surface area contributed by atoms with Gasteiger partial charge in [-0.25, -0.2) is 0 Å². The van der Waals surface area contributed by atoms with E-state index in [9.17, 15) is 0 Å². The Bertz CT molecular complexity index is 621. The standard InChI is InChI=1S/C16H18N2O2/c1-16(18,12-3-5-13(17)6-4-12)9-11-2-7-14-15(8-11)20-10-19-14/h2-8H,9-10,17-18H2,1H3. The third-order valence-electron chi connectivity index (χ3n) is 3.58. The Labute approximate surface area is 118 Å². The van der Waals surface area contributed by atoms with Gasteiger partial charge in [0.15, 0.2) is 11.5 Å². The van der Waals surface area contributed by atoms with Crippen LogP contribution in [0.15, 0.2) is 42.5 Å². The highest BCUT2D eigenvalue weighted by Gasteiger charge is 2.23. The molecule has 0 amide bonds. The molecule has 4 nitrogen and oxygen atoms in total. The van der Waals surface area contributed by atoms with Crippen LogP contribution in [0.2, 0.25) is 0 Å². The van der Waals surface area contributed by atoms with E-state index in [4.69, 9.17) is 20.9 Å². The van der Waals surface area contributed by atoms with Crippen molar-refractivity contribution in [2.24, 2.45) is 5.73 Å². The Balaban J connectivity index is 1.84. The van der Waals surface area contributed by atoms with Gasteiger partial charge in [-0.15, -0.1) is 0 Å². The Morgan fingerprint density at radius 1 is 1.05 bits per heavy atom. The van der Waals surface area contributed by atoms with Crippen molar-refractivity contribution in [3.05, 3.63) is 53.6 Å². The van der Waals surface area contributed by atoms with Crippen LogP contribution in [0.1, 0.15) is 18.1 Å². The van der Waals surface area contributed by atoms with Crippen molar-refractivity contribution in [2.45, 2.75) is 18.9 Å². The van der Waals surface area contributed by atoms with Gasteiger partial charge < -0.3 is 20.9 Å². The molecule has 0 spiro atoms. The second kappa shape index (κ2) is 4.72. The molecular weight excluding hydrogens is 252 g/mol. The zero-order valence-corrected chi connectivity index (χ0v) is 11.4. The summed E-state index contributed by atoms with van der Waals surface area (Å²) in [4.78, 5) is 0. The van der Waals surface area contributed by atoms with Crippen LogP contribution < -0.4 is 20.9 Å². The summed E-state index contributed by atoms with van der Waals surface area (Å²) in [6, 6.07) is 13.6. The van der Waals surface area contributed by atoms with E-state index in [1.165, 1.54) is 0 Å². The summed E-state index contributed by atoms with van der Waals surface area (Å²) in [5.41, 5.74) is 14.6. The maximum Gasteiger partial charge on any atom is 0.231 e. The first-order valence-electron chi connectivity index (χ1n) is 6.58. The molecule has 0 fully saturated rings. The van der Waals surface area contributed by atoms with Crippen molar-refractivity contribution in [3.8, 4) is 11.5 Å². The lowest BCUT2D eigenvalue weighted by atomic mass is 9.86. The van der Waals surface area contributed by atoms with Crippen LogP contribution in [0.25, 0.3) is 0 Å². The number of nitrogen functional groups attached to an aromatic ring is 1. The molecule has 0 aromatic heterocycles. The second-order valence-electron chi connectivity index (χ2n) is 5.40. The maximum absolute atomic E-state index is 6.45. The molecule has 1 unspecified atom stereocenters. The predicted octanol–water partition coefficient (Wildman–Crippen LogP) is 2.41. The molecule has 1 aliphatic heterocycles. The monoisotopic (exact) mass is 270 g/mol. The third-order valence-corrected chi connectivity index (χ3v) is 3.58. The fourth-order valence-corrected chi connectivity index (χ4v) is 2.44. The largest absolute Gasteiger partial charge is 0.454 e. The molecule has 0 bridgehead atoms. The van der Waals surface area contributed by atoms with E-state index in [1.807, 2.05) is 49.4 Å². The highest BCUT2D eigenvalue weighted by atomic mass is 16.7. The van der Waals surface area contributed by atoms with Gasteiger partial charge in [-0.2, -0.15) is 0 Å². The summed E-state index contributed by atoms with van der Waals surface area (Å²) in [6.45, 7) is 2.31. The molecule has 4 N–H and O–H groups in total. The third kappa shape index (κ3) is 2.42. The normalized spacial score (nSPS) is 15.9. The molecule has 1 heterocycles. The first-order chi connectivity index (χ1) is 9.54. The van der Waals surface area contributed by atoms with Gasteiger partial charge in [0, 0.05) is 11.2 Å². The first kappa shape index (κ1) is 12.8. The lowest BCUT2D eigenvalue weighted by Crippen LogP contribution is -2.35. The van der Waals surface area contributed by atoms with Crippen molar-refractivity contribution in [1.29, 1.82) is 0 Å². The minimum Gasteiger partial charge on any atom is -0.454 e. The van der Waals surface area contributed by atoms with Gasteiger partial charge in [0.1, 0.15) is 0 Å². The molecule has 2 aromatic carbocycles. The number of hydrogen-bond acceptors (Lipinski definition) is 4. The molecule has 0 radical (unpaired) electrons. The van der Waals surface area contributed by atoms with Crippen molar-refractivity contribution in [3.63, 3.8) is 0 Å². The van der Waals surface area contributed by atoms with Gasteiger partial charge in [0.25, 0.3) is 0 Å². The molecule has 3 rings (SSSR count). The zero-order valence-electron chi connectivity index (χ0n) is 11.4. The van der Waals surface area contributed by atoms with Crippen LogP contribution in [0.4, 0.5) is 5.69 Å². The van der Waals surface area contributed by atoms with Crippen molar-refractivity contribution in [1.82, 2.24) is 0 Å². The fourth-order valence-electron chi connectivity index (χ4n) is 2.44. The average Bonchev–Trinajstić information content (AvgIpc) is 2.86. The SMILES string of the molecule is CC(N)(Cc1ccc2c(c1)OCO2)c1ccc(N)cc1. The van der Waals surface area contributed by atoms with Gasteiger partial charge in [0.2, 0.25) is 6.79 Å². The number of rotatable bonds is 3. The van der Waals surface area contributed by atoms with E-state index in [0.717, 1.165) is 28.3 Å². The van der Waals surface area contributed by atoms with Gasteiger partial charge >= 0.3 is 0 Å². The van der Waals surface area contributed by atoms with Crippen molar-refractivity contribution in [2.75, 3.05) is 12.5 Å². The Morgan fingerprint density at radius 2 is 1.75 bits per heavy atom. The molecule has 20 heavy (non-hydrogen) atoms. The smallest absolute Gasteiger partial charge is 0.231 e. The van der Waals surface area contributed by atoms with Gasteiger partial charge in [-0.3, -0.25) is 0 Å². The highest BCUT2D eigenvalue weighted by Crippen LogP contribution is 2.34. The molecule has 1 atom stereocenters. The number of benzene rings is 2. The van der Waals surface area contributed by atoms with E-state index in [2.05, 4.69) is 0 Å². The number of fused-ring (bicyclic) bond motifs is 1. The molecular formula is C16H18N2O2. The van der Waals surface area contributed by atoms with Crippen LogP contribution in [-0.2, 0) is 12.0 Å². The van der Waals surface area contributed by atoms with Crippen LogP contribution in [0, 0.1) is 0 Å². The van der Waals surface area contributed by atoms with Crippen molar-refractivity contribution < 1.29 is 9.47 Å². The summed E-state index contributed by atoms with van der Waals surface area (Å²) in [6.07, 6.45) is 0.716. The summed E-state index contributed by atoms with van der Waals surface area (Å²) in [7, 11) is 0. The minimum atomic E-state index is -0.457. The summed E-state index contributed by atoms with van der Waals surface area (Å²) >= 11 is 0. The van der Waals surface area contributed by atoms with Gasteiger partial charge in [0.05, 0.1) is 0 Å². The van der Waals surface area contributed by atoms with Gasteiger partial charge in [-0.05, 0) is 48.7 Å². The van der Waals surface area contributed by atoms with E-state index < -0.39 is 5.54 Å². The van der Waals surface area contributed by atoms with Crippen LogP contribution in [-0.4, -0.2) is 6.79 Å². The zero-order chi connectivity index (χ0) is 14.2. The number of anilines is 1. The van der Waals surface area contributed by atoms with E-state index >= 15 is 0 Å². The highest BCUT2D eigenvalue weighted by molar-refractivity contribution is 5.46. The summed E-state index contributed by atoms with van der Waals surface area (Å²) in [5.74, 6) is 1.58. The molecule has 2 aromatic rings. The minimum absolute atomic E-state index is 0.288. The Kier molecular flexibility index (Phi) is 3.03. The number of ether oxygens (including phenoxy) is 2. The quantitative estimate of drug-likeness (QED) is 0.840. The molecule has 0 saturated heterocycles. The fraction of sp³-hybridized carbons (Fsp3) is 0.250. The van der Waals surface area contributed by atoms with Gasteiger partial charge in [-0.1, -0.05) is 18.2 Å². The maximum atomic E-state index is 6.45. The van der Waals surface area contributed by atoms with E-state index in [0.29, 0.717) is 6.42 Å². The van der Waals surface area contributed by atoms with E-state index in [-0.39, 0.29) is 6.79 Å². The summed E-state index contributed by atoms with van der Waals surface area (Å²) in [5, 5.41) is 0. The number of hydrogen-bond donors (Lipinski definition) is 2. The Hall–Kier alpha value is -2.20. The van der Waals surface area contributed by atoms with Crippen molar-refractivity contribution >= 4 is 5.69 Å². The molecule has 1 aliphatic rings. The van der Waals surface area contributed by atoms with Crippen LogP contribution >= 0.6 is 0 Å². The number of nitrogens with two attached hydrogens (primary N) is 2. The lowest BCUT2D eigenvalue weighted by molar-refractivity contribution is 0.174. The average molecular weight is 270 g/mol. The van der Waals surface area contributed by atoms with E-state index in [1.54, 1.807) is 0 Å². The predicted molar refractivity (Wildman–Crippen MR) is 78.7 cm³/mol. The Morgan fingerprint density at radius 3 is 2.50 bits per heavy atom. The second-order valence-corrected chi connectivity index (χ2v) is 5.40. The molecule has 104 valence electrons.